The minimum absolute atomic E-state index is 0.179. The summed E-state index contributed by atoms with van der Waals surface area (Å²) in [5.74, 6) is -0.698. The zero-order chi connectivity index (χ0) is 16.8. The largest absolute Gasteiger partial charge is 0.465 e. The van der Waals surface area contributed by atoms with Crippen molar-refractivity contribution in [2.75, 3.05) is 24.6 Å². The standard InChI is InChI=1S/C16H21N3O4/c1-3-23-14(20)10-17-16(22)18-11(2)15(21)19-9-8-12-6-4-5-7-13(12)19/h4-7,11H,3,8-10H2,1-2H3,(H2,17,18,22). The van der Waals surface area contributed by atoms with Crippen LogP contribution in [0.5, 0.6) is 0 Å². The first-order valence-electron chi connectivity index (χ1n) is 7.62. The molecule has 1 aliphatic rings. The number of carbonyl (C=O) groups excluding carboxylic acids is 3. The van der Waals surface area contributed by atoms with Crippen LogP contribution in [0.15, 0.2) is 24.3 Å². The van der Waals surface area contributed by atoms with Crippen molar-refractivity contribution in [2.24, 2.45) is 0 Å². The number of benzene rings is 1. The van der Waals surface area contributed by atoms with E-state index in [9.17, 15) is 14.4 Å². The van der Waals surface area contributed by atoms with E-state index in [4.69, 9.17) is 4.74 Å². The van der Waals surface area contributed by atoms with Crippen LogP contribution in [0.1, 0.15) is 19.4 Å². The van der Waals surface area contributed by atoms with Gasteiger partial charge in [-0.15, -0.1) is 0 Å². The van der Waals surface area contributed by atoms with Gasteiger partial charge in [-0.25, -0.2) is 4.79 Å². The third-order valence-corrected chi connectivity index (χ3v) is 3.57. The fraction of sp³-hybridized carbons (Fsp3) is 0.438. The lowest BCUT2D eigenvalue weighted by molar-refractivity contribution is -0.141. The lowest BCUT2D eigenvalue weighted by Crippen LogP contribution is -2.50. The van der Waals surface area contributed by atoms with Crippen LogP contribution < -0.4 is 15.5 Å². The lowest BCUT2D eigenvalue weighted by Gasteiger charge is -2.22. The molecule has 124 valence electrons. The minimum atomic E-state index is -0.691. The van der Waals surface area contributed by atoms with E-state index >= 15 is 0 Å². The number of hydrogen-bond acceptors (Lipinski definition) is 4. The molecule has 2 rings (SSSR count). The number of hydrogen-bond donors (Lipinski definition) is 2. The van der Waals surface area contributed by atoms with Gasteiger partial charge >= 0.3 is 12.0 Å². The summed E-state index contributed by atoms with van der Waals surface area (Å²) in [6.07, 6.45) is 0.809. The molecular formula is C16H21N3O4. The number of para-hydroxylation sites is 1. The Bertz CT molecular complexity index is 603. The van der Waals surface area contributed by atoms with E-state index in [1.165, 1.54) is 0 Å². The van der Waals surface area contributed by atoms with Crippen LogP contribution >= 0.6 is 0 Å². The first-order valence-corrected chi connectivity index (χ1v) is 7.62. The Hall–Kier alpha value is -2.57. The molecule has 0 bridgehead atoms. The van der Waals surface area contributed by atoms with E-state index in [-0.39, 0.29) is 19.1 Å². The molecular weight excluding hydrogens is 298 g/mol. The van der Waals surface area contributed by atoms with Gasteiger partial charge in [0.1, 0.15) is 12.6 Å². The van der Waals surface area contributed by atoms with E-state index in [1.54, 1.807) is 18.7 Å². The Balaban J connectivity index is 1.86. The molecule has 1 aromatic carbocycles. The number of fused-ring (bicyclic) bond motifs is 1. The monoisotopic (exact) mass is 319 g/mol. The van der Waals surface area contributed by atoms with Gasteiger partial charge in [-0.3, -0.25) is 9.59 Å². The maximum absolute atomic E-state index is 12.5. The van der Waals surface area contributed by atoms with E-state index in [1.807, 2.05) is 24.3 Å². The van der Waals surface area contributed by atoms with Crippen molar-refractivity contribution in [3.05, 3.63) is 29.8 Å². The summed E-state index contributed by atoms with van der Waals surface area (Å²) in [6, 6.07) is 6.45. The normalized spacial score (nSPS) is 13.9. The molecule has 23 heavy (non-hydrogen) atoms. The molecule has 7 heteroatoms. The molecule has 1 aliphatic heterocycles. The van der Waals surface area contributed by atoms with Gasteiger partial charge in [-0.1, -0.05) is 18.2 Å². The molecule has 3 amide bonds. The second-order valence-corrected chi connectivity index (χ2v) is 5.22. The third-order valence-electron chi connectivity index (χ3n) is 3.57. The predicted octanol–water partition coefficient (Wildman–Crippen LogP) is 0.827. The second-order valence-electron chi connectivity index (χ2n) is 5.22. The molecule has 2 N–H and O–H groups in total. The topological polar surface area (TPSA) is 87.7 Å². The Morgan fingerprint density at radius 1 is 1.30 bits per heavy atom. The van der Waals surface area contributed by atoms with Gasteiger partial charge in [0.25, 0.3) is 0 Å². The first-order chi connectivity index (χ1) is 11.0. The Kier molecular flexibility index (Phi) is 5.56. The zero-order valence-electron chi connectivity index (χ0n) is 13.3. The first kappa shape index (κ1) is 16.8. The summed E-state index contributed by atoms with van der Waals surface area (Å²) in [4.78, 5) is 37.0. The van der Waals surface area contributed by atoms with Crippen molar-refractivity contribution >= 4 is 23.6 Å². The highest BCUT2D eigenvalue weighted by Crippen LogP contribution is 2.27. The van der Waals surface area contributed by atoms with Gasteiger partial charge in [0.05, 0.1) is 6.61 Å². The van der Waals surface area contributed by atoms with Crippen molar-refractivity contribution in [3.63, 3.8) is 0 Å². The molecule has 1 unspecified atom stereocenters. The van der Waals surface area contributed by atoms with Gasteiger partial charge < -0.3 is 20.3 Å². The van der Waals surface area contributed by atoms with Crippen molar-refractivity contribution in [1.29, 1.82) is 0 Å². The van der Waals surface area contributed by atoms with Crippen LogP contribution in [0.2, 0.25) is 0 Å². The molecule has 0 saturated heterocycles. The number of nitrogens with one attached hydrogen (secondary N) is 2. The number of amides is 3. The quantitative estimate of drug-likeness (QED) is 0.787. The molecule has 1 aromatic rings. The van der Waals surface area contributed by atoms with E-state index in [0.29, 0.717) is 6.54 Å². The average Bonchev–Trinajstić information content (AvgIpc) is 2.96. The molecule has 0 aromatic heterocycles. The van der Waals surface area contributed by atoms with Gasteiger partial charge in [0.2, 0.25) is 5.91 Å². The number of anilines is 1. The minimum Gasteiger partial charge on any atom is -0.465 e. The molecule has 0 aliphatic carbocycles. The third kappa shape index (κ3) is 4.21. The molecule has 0 saturated carbocycles. The number of esters is 1. The SMILES string of the molecule is CCOC(=O)CNC(=O)NC(C)C(=O)N1CCc2ccccc21. The summed E-state index contributed by atoms with van der Waals surface area (Å²) in [5, 5.41) is 4.90. The highest BCUT2D eigenvalue weighted by atomic mass is 16.5. The smallest absolute Gasteiger partial charge is 0.325 e. The van der Waals surface area contributed by atoms with Gasteiger partial charge in [-0.2, -0.15) is 0 Å². The Morgan fingerprint density at radius 2 is 2.04 bits per heavy atom. The average molecular weight is 319 g/mol. The summed E-state index contributed by atoms with van der Waals surface area (Å²) in [6.45, 7) is 3.94. The molecule has 7 nitrogen and oxygen atoms in total. The molecule has 1 heterocycles. The van der Waals surface area contributed by atoms with E-state index < -0.39 is 18.0 Å². The molecule has 0 fully saturated rings. The number of carbonyl (C=O) groups is 3. The number of ether oxygens (including phenoxy) is 1. The maximum atomic E-state index is 12.5. The number of urea groups is 1. The molecule has 0 spiro atoms. The summed E-state index contributed by atoms with van der Waals surface area (Å²) in [7, 11) is 0. The van der Waals surface area contributed by atoms with Crippen LogP contribution in [0.4, 0.5) is 10.5 Å². The van der Waals surface area contributed by atoms with Gasteiger partial charge in [0.15, 0.2) is 0 Å². The molecule has 0 radical (unpaired) electrons. The van der Waals surface area contributed by atoms with Gasteiger partial charge in [0, 0.05) is 12.2 Å². The highest BCUT2D eigenvalue weighted by Gasteiger charge is 2.28. The predicted molar refractivity (Wildman–Crippen MR) is 85.1 cm³/mol. The van der Waals surface area contributed by atoms with Crippen LogP contribution in [0.25, 0.3) is 0 Å². The van der Waals surface area contributed by atoms with Crippen LogP contribution in [-0.4, -0.2) is 43.6 Å². The van der Waals surface area contributed by atoms with Gasteiger partial charge in [-0.05, 0) is 31.9 Å². The summed E-state index contributed by atoms with van der Waals surface area (Å²) < 4.78 is 4.71. The Morgan fingerprint density at radius 3 is 2.78 bits per heavy atom. The summed E-state index contributed by atoms with van der Waals surface area (Å²) in [5.41, 5.74) is 2.01. The fourth-order valence-electron chi connectivity index (χ4n) is 2.47. The van der Waals surface area contributed by atoms with Crippen LogP contribution in [0.3, 0.4) is 0 Å². The second kappa shape index (κ2) is 7.62. The fourth-order valence-corrected chi connectivity index (χ4v) is 2.47. The van der Waals surface area contributed by atoms with E-state index in [2.05, 4.69) is 10.6 Å². The van der Waals surface area contributed by atoms with Crippen molar-refractivity contribution in [3.8, 4) is 0 Å². The lowest BCUT2D eigenvalue weighted by atomic mass is 10.2. The number of nitrogens with zero attached hydrogens (tertiary/aromatic N) is 1. The number of rotatable bonds is 5. The van der Waals surface area contributed by atoms with Crippen molar-refractivity contribution < 1.29 is 19.1 Å². The summed E-state index contributed by atoms with van der Waals surface area (Å²) >= 11 is 0. The zero-order valence-corrected chi connectivity index (χ0v) is 13.3. The maximum Gasteiger partial charge on any atom is 0.325 e. The van der Waals surface area contributed by atoms with E-state index in [0.717, 1.165) is 17.7 Å². The van der Waals surface area contributed by atoms with Crippen LogP contribution in [0, 0.1) is 0 Å². The highest BCUT2D eigenvalue weighted by molar-refractivity contribution is 6.00. The van der Waals surface area contributed by atoms with Crippen molar-refractivity contribution in [1.82, 2.24) is 10.6 Å². The van der Waals surface area contributed by atoms with Crippen molar-refractivity contribution in [2.45, 2.75) is 26.3 Å². The molecule has 1 atom stereocenters. The Labute approximate surface area is 135 Å². The van der Waals surface area contributed by atoms with Crippen LogP contribution in [-0.2, 0) is 20.7 Å².